The molecule has 0 saturated carbocycles. The van der Waals surface area contributed by atoms with E-state index in [1.165, 1.54) is 39.3 Å². The predicted molar refractivity (Wildman–Crippen MR) is 226 cm³/mol. The zero-order valence-electron chi connectivity index (χ0n) is 36.5. The number of aliphatic hydroxyl groups is 3. The van der Waals surface area contributed by atoms with Crippen LogP contribution in [-0.2, 0) is 39.7 Å². The van der Waals surface area contributed by atoms with Crippen LogP contribution >= 0.6 is 0 Å². The Bertz CT molecular complexity index is 2210. The summed E-state index contributed by atoms with van der Waals surface area (Å²) in [6, 6.07) is 3.31. The highest BCUT2D eigenvalue weighted by molar-refractivity contribution is 6.76. The number of phenolic OH excluding ortho intramolecular Hbond substituents is 2. The van der Waals surface area contributed by atoms with E-state index in [1.54, 1.807) is 12.2 Å². The minimum atomic E-state index is -2.39. The van der Waals surface area contributed by atoms with Crippen LogP contribution in [0.5, 0.6) is 17.2 Å². The molecule has 64 heavy (non-hydrogen) atoms. The fraction of sp³-hybridized carbons (Fsp3) is 0.545. The number of aromatic hydroxyl groups is 2. The summed E-state index contributed by atoms with van der Waals surface area (Å²) in [6.45, 7) is 7.10. The average molecular weight is 913 g/mol. The maximum Gasteiger partial charge on any atom is 0.408 e. The lowest BCUT2D eigenvalue weighted by Gasteiger charge is -2.42. The average Bonchev–Trinajstić information content (AvgIpc) is 3.23. The Kier molecular flexibility index (Phi) is 14.6. The van der Waals surface area contributed by atoms with Gasteiger partial charge in [0.05, 0.1) is 61.7 Å². The minimum absolute atomic E-state index is 0.0398. The van der Waals surface area contributed by atoms with Gasteiger partial charge in [-0.1, -0.05) is 37.8 Å². The first-order valence-electron chi connectivity index (χ1n) is 21.1. The molecule has 0 aromatic heterocycles. The first-order valence-corrected chi connectivity index (χ1v) is 24.8. The highest BCUT2D eigenvalue weighted by Gasteiger charge is 2.50. The Balaban J connectivity index is 1.19. The van der Waals surface area contributed by atoms with Gasteiger partial charge < -0.3 is 64.6 Å². The van der Waals surface area contributed by atoms with Gasteiger partial charge in [0.1, 0.15) is 41.7 Å². The monoisotopic (exact) mass is 912 g/mol. The van der Waals surface area contributed by atoms with Crippen molar-refractivity contribution >= 4 is 43.6 Å². The predicted octanol–water partition coefficient (Wildman–Crippen LogP) is 3.10. The van der Waals surface area contributed by atoms with Crippen LogP contribution in [0.1, 0.15) is 88.1 Å². The van der Waals surface area contributed by atoms with Crippen molar-refractivity contribution in [3.05, 3.63) is 63.7 Å². The number of amides is 2. The molecule has 2 aromatic rings. The van der Waals surface area contributed by atoms with Gasteiger partial charge in [-0.3, -0.25) is 19.2 Å². The van der Waals surface area contributed by atoms with Crippen LogP contribution in [0, 0.1) is 5.92 Å². The normalized spacial score (nSPS) is 28.2. The molecule has 1 fully saturated rings. The van der Waals surface area contributed by atoms with Gasteiger partial charge in [-0.2, -0.15) is 0 Å². The van der Waals surface area contributed by atoms with Crippen LogP contribution in [0.4, 0.5) is 9.59 Å². The third kappa shape index (κ3) is 9.96. The number of methoxy groups -OCH3 is 2. The number of Topliss-reactive ketones (excluding diaryl/α,β-unsaturated/α-hetero) is 1. The second-order valence-electron chi connectivity index (χ2n) is 17.8. The number of alkyl carbamates (subject to hydrolysis) is 2. The largest absolute Gasteiger partial charge is 0.507 e. The van der Waals surface area contributed by atoms with Crippen LogP contribution in [-0.4, -0.2) is 139 Å². The molecule has 3 aliphatic carbocycles. The van der Waals surface area contributed by atoms with E-state index in [-0.39, 0.29) is 60.3 Å². The first kappa shape index (κ1) is 48.1. The minimum Gasteiger partial charge on any atom is -0.507 e. The lowest BCUT2D eigenvalue weighted by molar-refractivity contribution is -0.249. The number of rotatable bonds is 12. The third-order valence-electron chi connectivity index (χ3n) is 12.2. The van der Waals surface area contributed by atoms with Crippen LogP contribution in [0.25, 0.3) is 0 Å². The smallest absolute Gasteiger partial charge is 0.408 e. The molecule has 0 bridgehead atoms. The van der Waals surface area contributed by atoms with Crippen molar-refractivity contribution < 1.29 is 82.7 Å². The molecule has 0 radical (unpaired) electrons. The maximum atomic E-state index is 14.0. The summed E-state index contributed by atoms with van der Waals surface area (Å²) >= 11 is 0. The fourth-order valence-corrected chi connectivity index (χ4v) is 9.41. The van der Waals surface area contributed by atoms with E-state index in [9.17, 15) is 54.3 Å². The van der Waals surface area contributed by atoms with E-state index in [2.05, 4.69) is 30.3 Å². The summed E-state index contributed by atoms with van der Waals surface area (Å²) in [4.78, 5) is 79.7. The Morgan fingerprint density at radius 3 is 2.33 bits per heavy atom. The molecule has 1 aliphatic heterocycles. The van der Waals surface area contributed by atoms with Crippen LogP contribution in [0.15, 0.2) is 30.4 Å². The van der Waals surface area contributed by atoms with Crippen LogP contribution in [0.3, 0.4) is 0 Å². The number of esters is 1. The van der Waals surface area contributed by atoms with Gasteiger partial charge in [0, 0.05) is 50.1 Å². The molecule has 1 saturated heterocycles. The Hall–Kier alpha value is -5.38. The molecular formula is C44H56N2O17Si. The number of aliphatic hydroxyl groups excluding tert-OH is 2. The van der Waals surface area contributed by atoms with Crippen molar-refractivity contribution in [1.82, 2.24) is 10.6 Å². The lowest BCUT2D eigenvalue weighted by Crippen LogP contribution is -2.56. The summed E-state index contributed by atoms with van der Waals surface area (Å²) in [6.07, 6.45) is -5.33. The second-order valence-corrected chi connectivity index (χ2v) is 23.4. The number of carbonyl (C=O) groups excluding carboxylic acids is 6. The molecule has 0 spiro atoms. The fourth-order valence-electron chi connectivity index (χ4n) is 8.70. The molecule has 19 nitrogen and oxygen atoms in total. The molecular weight excluding hydrogens is 857 g/mol. The van der Waals surface area contributed by atoms with Gasteiger partial charge in [-0.05, 0) is 44.4 Å². The lowest BCUT2D eigenvalue weighted by atomic mass is 9.72. The number of benzene rings is 2. The molecule has 9 atom stereocenters. The number of carbonyl (C=O) groups is 6. The SMILES string of the molecule is COC(=O)[C@H]1CC[C@@H](OC(=O)N[C@H]2C[C@@H](OC3C[C@](O)(C(=O)CO)Cc4c(O)c5c(c(O)c43)C(=O)c3c(OC)cccc3C5=O)O[C@@H](C)[C@H]2O)/C=C/C[C@@H]1NC(=O)OCC[Si](C)(C)C. The van der Waals surface area contributed by atoms with Gasteiger partial charge in [-0.25, -0.2) is 9.59 Å². The zero-order chi connectivity index (χ0) is 46.8. The Morgan fingerprint density at radius 1 is 0.953 bits per heavy atom. The van der Waals surface area contributed by atoms with E-state index >= 15 is 0 Å². The molecule has 348 valence electrons. The highest BCUT2D eigenvalue weighted by Crippen LogP contribution is 2.52. The van der Waals surface area contributed by atoms with E-state index in [4.69, 9.17) is 28.4 Å². The second kappa shape index (κ2) is 19.4. The van der Waals surface area contributed by atoms with Gasteiger partial charge in [0.2, 0.25) is 5.78 Å². The number of ketones is 3. The van der Waals surface area contributed by atoms with Gasteiger partial charge in [0.15, 0.2) is 17.9 Å². The van der Waals surface area contributed by atoms with E-state index in [0.717, 1.165) is 6.04 Å². The molecule has 4 aliphatic rings. The number of hydrogen-bond donors (Lipinski definition) is 7. The Labute approximate surface area is 370 Å². The molecule has 20 heteroatoms. The molecule has 2 amide bonds. The number of ether oxygens (including phenoxy) is 6. The molecule has 6 rings (SSSR count). The molecule has 7 N–H and O–H groups in total. The van der Waals surface area contributed by atoms with Crippen LogP contribution in [0.2, 0.25) is 25.7 Å². The van der Waals surface area contributed by atoms with Gasteiger partial charge in [-0.15, -0.1) is 0 Å². The van der Waals surface area contributed by atoms with Crippen molar-refractivity contribution in [2.75, 3.05) is 27.4 Å². The molecule has 1 heterocycles. The standard InChI is InChI=1S/C44H56N2O17Si/c1-21-36(49)27(46-43(56)62-22-9-7-11-26(23(14-13-22)41(54)59-3)45-42(55)60-15-16-64(4,5)6)17-31(61-21)63-29-19-44(57,30(48)20-47)18-25-33(29)40(53)35-34(38(25)51)37(50)24-10-8-12-28(58-2)32(24)39(35)52/h7-10,12,21-23,26-27,29,31,36,47,49,51,53,57H,11,13-20H2,1-6H3,(H,45,55)(H,46,56)/b9-7+/t21-,22-,23-,26-,27-,29?,31+,36+,44-/m0/s1. The third-order valence-corrected chi connectivity index (χ3v) is 13.9. The van der Waals surface area contributed by atoms with Gasteiger partial charge in [0.25, 0.3) is 0 Å². The topological polar surface area (TPSA) is 283 Å². The summed E-state index contributed by atoms with van der Waals surface area (Å²) in [5.41, 5.74) is -4.27. The number of fused-ring (bicyclic) bond motifs is 3. The van der Waals surface area contributed by atoms with Crippen molar-refractivity contribution in [3.63, 3.8) is 0 Å². The van der Waals surface area contributed by atoms with Crippen molar-refractivity contribution in [3.8, 4) is 17.2 Å². The summed E-state index contributed by atoms with van der Waals surface area (Å²) in [7, 11) is 1.08. The van der Waals surface area contributed by atoms with E-state index in [0.29, 0.717) is 0 Å². The van der Waals surface area contributed by atoms with E-state index in [1.807, 2.05) is 0 Å². The van der Waals surface area contributed by atoms with Gasteiger partial charge >= 0.3 is 18.2 Å². The summed E-state index contributed by atoms with van der Waals surface area (Å²) in [5.74, 6) is -5.59. The quantitative estimate of drug-likeness (QED) is 0.0452. The zero-order valence-corrected chi connectivity index (χ0v) is 37.5. The summed E-state index contributed by atoms with van der Waals surface area (Å²) in [5, 5.41) is 61.5. The number of hydrogen-bond acceptors (Lipinski definition) is 17. The highest BCUT2D eigenvalue weighted by atomic mass is 28.3. The number of phenols is 2. The van der Waals surface area contributed by atoms with Crippen molar-refractivity contribution in [1.29, 1.82) is 0 Å². The number of nitrogens with one attached hydrogen (secondary N) is 2. The van der Waals surface area contributed by atoms with Crippen LogP contribution < -0.4 is 15.4 Å². The first-order chi connectivity index (χ1) is 30.2. The summed E-state index contributed by atoms with van der Waals surface area (Å²) < 4.78 is 33.6. The molecule has 2 aromatic carbocycles. The molecule has 1 unspecified atom stereocenters. The van der Waals surface area contributed by atoms with E-state index < -0.39 is 140 Å². The Morgan fingerprint density at radius 2 is 1.66 bits per heavy atom. The maximum absolute atomic E-state index is 14.0. The van der Waals surface area contributed by atoms with Crippen molar-refractivity contribution in [2.24, 2.45) is 5.92 Å². The van der Waals surface area contributed by atoms with Crippen molar-refractivity contribution in [2.45, 2.75) is 120 Å².